The van der Waals surface area contributed by atoms with Crippen LogP contribution in [0.1, 0.15) is 47.5 Å². The number of unbranched alkanes of at least 4 members (excludes halogenated alkanes) is 1. The number of thiophene rings is 1. The Bertz CT molecular complexity index is 1140. The van der Waals surface area contributed by atoms with Gasteiger partial charge in [0, 0.05) is 17.5 Å². The molecule has 182 valence electrons. The van der Waals surface area contributed by atoms with E-state index < -0.39 is 5.97 Å². The van der Waals surface area contributed by atoms with Crippen molar-refractivity contribution in [1.82, 2.24) is 14.8 Å². The summed E-state index contributed by atoms with van der Waals surface area (Å²) < 4.78 is 12.5. The Morgan fingerprint density at radius 1 is 1.18 bits per heavy atom. The number of rotatable bonds is 11. The first-order valence-electron chi connectivity index (χ1n) is 11.1. The molecule has 3 aromatic rings. The van der Waals surface area contributed by atoms with E-state index in [-0.39, 0.29) is 11.7 Å². The number of esters is 1. The van der Waals surface area contributed by atoms with Crippen molar-refractivity contribution in [3.05, 3.63) is 40.3 Å². The van der Waals surface area contributed by atoms with Crippen LogP contribution in [0, 0.1) is 6.92 Å². The number of methoxy groups -OCH3 is 1. The Kier molecular flexibility index (Phi) is 9.12. The summed E-state index contributed by atoms with van der Waals surface area (Å²) in [4.78, 5) is 25.9. The molecule has 1 amide bonds. The summed E-state index contributed by atoms with van der Waals surface area (Å²) in [5.74, 6) is 1.00. The maximum atomic E-state index is 12.6. The van der Waals surface area contributed by atoms with Gasteiger partial charge in [0.15, 0.2) is 11.0 Å². The minimum absolute atomic E-state index is 0.134. The van der Waals surface area contributed by atoms with E-state index in [0.29, 0.717) is 34.6 Å². The Morgan fingerprint density at radius 3 is 2.56 bits per heavy atom. The smallest absolute Gasteiger partial charge is 0.341 e. The van der Waals surface area contributed by atoms with E-state index in [1.54, 1.807) is 0 Å². The standard InChI is InChI=1S/C24H30N4O4S2/c1-6-8-13-32-17-11-9-16(10-12-17)21-26-27-24(28(21)4)33-14-19(29)25-22-20(23(30)31-5)18(7-2)15(3)34-22/h9-12H,6-8,13-14H2,1-5H3,(H,25,29). The molecule has 1 N–H and O–H groups in total. The quantitative estimate of drug-likeness (QED) is 0.221. The summed E-state index contributed by atoms with van der Waals surface area (Å²) >= 11 is 2.67. The highest BCUT2D eigenvalue weighted by molar-refractivity contribution is 7.99. The molecule has 0 bridgehead atoms. The van der Waals surface area contributed by atoms with Gasteiger partial charge in [0.05, 0.1) is 25.0 Å². The molecule has 1 aromatic carbocycles. The summed E-state index contributed by atoms with van der Waals surface area (Å²) in [5.41, 5.74) is 2.26. The maximum Gasteiger partial charge on any atom is 0.341 e. The minimum Gasteiger partial charge on any atom is -0.494 e. The van der Waals surface area contributed by atoms with Gasteiger partial charge >= 0.3 is 5.97 Å². The van der Waals surface area contributed by atoms with E-state index in [9.17, 15) is 9.59 Å². The van der Waals surface area contributed by atoms with Crippen LogP contribution in [-0.2, 0) is 23.0 Å². The van der Waals surface area contributed by atoms with Crippen molar-refractivity contribution in [2.75, 3.05) is 24.8 Å². The number of anilines is 1. The van der Waals surface area contributed by atoms with Crippen LogP contribution < -0.4 is 10.1 Å². The second-order valence-electron chi connectivity index (χ2n) is 7.61. The Labute approximate surface area is 208 Å². The Hall–Kier alpha value is -2.85. The molecule has 34 heavy (non-hydrogen) atoms. The third-order valence-corrected chi connectivity index (χ3v) is 7.33. The molecule has 2 heterocycles. The zero-order valence-corrected chi connectivity index (χ0v) is 21.8. The van der Waals surface area contributed by atoms with Crippen LogP contribution in [0.3, 0.4) is 0 Å². The van der Waals surface area contributed by atoms with Gasteiger partial charge < -0.3 is 19.4 Å². The number of thioether (sulfide) groups is 1. The molecule has 2 aromatic heterocycles. The van der Waals surface area contributed by atoms with Crippen LogP contribution in [0.2, 0.25) is 0 Å². The molecule has 0 spiro atoms. The second-order valence-corrected chi connectivity index (χ2v) is 9.78. The molecule has 0 unspecified atom stereocenters. The molecule has 0 atom stereocenters. The van der Waals surface area contributed by atoms with Crippen molar-refractivity contribution in [2.24, 2.45) is 7.05 Å². The highest BCUT2D eigenvalue weighted by atomic mass is 32.2. The number of hydrogen-bond acceptors (Lipinski definition) is 8. The van der Waals surface area contributed by atoms with Gasteiger partial charge in [-0.2, -0.15) is 0 Å². The number of aryl methyl sites for hydroxylation is 1. The van der Waals surface area contributed by atoms with Crippen molar-refractivity contribution in [2.45, 2.75) is 45.2 Å². The normalized spacial score (nSPS) is 10.9. The first-order chi connectivity index (χ1) is 16.4. The highest BCUT2D eigenvalue weighted by Crippen LogP contribution is 2.34. The number of nitrogens with one attached hydrogen (secondary N) is 1. The van der Waals surface area contributed by atoms with Crippen molar-refractivity contribution in [3.63, 3.8) is 0 Å². The number of aromatic nitrogens is 3. The van der Waals surface area contributed by atoms with Gasteiger partial charge in [-0.3, -0.25) is 4.79 Å². The average Bonchev–Trinajstić information content (AvgIpc) is 3.36. The van der Waals surface area contributed by atoms with Gasteiger partial charge in [-0.15, -0.1) is 21.5 Å². The van der Waals surface area contributed by atoms with Crippen LogP contribution in [0.4, 0.5) is 5.00 Å². The zero-order valence-electron chi connectivity index (χ0n) is 20.1. The van der Waals surface area contributed by atoms with Crippen LogP contribution in [0.25, 0.3) is 11.4 Å². The fourth-order valence-corrected chi connectivity index (χ4v) is 5.29. The van der Waals surface area contributed by atoms with Crippen LogP contribution in [0.15, 0.2) is 29.4 Å². The highest BCUT2D eigenvalue weighted by Gasteiger charge is 2.23. The van der Waals surface area contributed by atoms with Crippen LogP contribution in [-0.4, -0.2) is 46.1 Å². The number of ether oxygens (including phenoxy) is 2. The van der Waals surface area contributed by atoms with Crippen LogP contribution >= 0.6 is 23.1 Å². The lowest BCUT2D eigenvalue weighted by Crippen LogP contribution is -2.16. The summed E-state index contributed by atoms with van der Waals surface area (Å²) in [7, 11) is 3.21. The number of benzene rings is 1. The molecule has 0 fully saturated rings. The summed E-state index contributed by atoms with van der Waals surface area (Å²) in [6.07, 6.45) is 2.80. The topological polar surface area (TPSA) is 95.3 Å². The van der Waals surface area contributed by atoms with Gasteiger partial charge in [0.25, 0.3) is 0 Å². The molecule has 10 heteroatoms. The molecule has 0 saturated carbocycles. The van der Waals surface area contributed by atoms with E-state index in [1.807, 2.05) is 49.7 Å². The lowest BCUT2D eigenvalue weighted by molar-refractivity contribution is -0.113. The minimum atomic E-state index is -0.441. The molecule has 0 aliphatic heterocycles. The Balaban J connectivity index is 1.64. The van der Waals surface area contributed by atoms with Gasteiger partial charge in [-0.25, -0.2) is 4.79 Å². The predicted molar refractivity (Wildman–Crippen MR) is 136 cm³/mol. The van der Waals surface area contributed by atoms with E-state index in [0.717, 1.165) is 34.6 Å². The molecule has 0 saturated heterocycles. The fraction of sp³-hybridized carbons (Fsp3) is 0.417. The van der Waals surface area contributed by atoms with Crippen LogP contribution in [0.5, 0.6) is 5.75 Å². The lowest BCUT2D eigenvalue weighted by atomic mass is 10.1. The molecule has 8 nitrogen and oxygen atoms in total. The SMILES string of the molecule is CCCCOc1ccc(-c2nnc(SCC(=O)Nc3sc(C)c(CC)c3C(=O)OC)n2C)cc1. The van der Waals surface area contributed by atoms with Gasteiger partial charge in [-0.05, 0) is 49.6 Å². The monoisotopic (exact) mass is 502 g/mol. The van der Waals surface area contributed by atoms with E-state index >= 15 is 0 Å². The summed E-state index contributed by atoms with van der Waals surface area (Å²) in [5, 5.41) is 12.5. The summed E-state index contributed by atoms with van der Waals surface area (Å²) in [6, 6.07) is 7.75. The lowest BCUT2D eigenvalue weighted by Gasteiger charge is -2.08. The van der Waals surface area contributed by atoms with E-state index in [1.165, 1.54) is 30.2 Å². The third-order valence-electron chi connectivity index (χ3n) is 5.25. The van der Waals surface area contributed by atoms with Gasteiger partial charge in [0.2, 0.25) is 5.91 Å². The molecule has 0 radical (unpaired) electrons. The molecule has 0 aliphatic carbocycles. The maximum absolute atomic E-state index is 12.6. The fourth-order valence-electron chi connectivity index (χ4n) is 3.43. The second kappa shape index (κ2) is 12.0. The van der Waals surface area contributed by atoms with Crippen molar-refractivity contribution < 1.29 is 19.1 Å². The Morgan fingerprint density at radius 2 is 1.91 bits per heavy atom. The molecule has 3 rings (SSSR count). The number of carbonyl (C=O) groups is 2. The first kappa shape index (κ1) is 25.8. The summed E-state index contributed by atoms with van der Waals surface area (Å²) in [6.45, 7) is 6.74. The average molecular weight is 503 g/mol. The number of amides is 1. The number of nitrogens with zero attached hydrogens (tertiary/aromatic N) is 3. The number of hydrogen-bond donors (Lipinski definition) is 1. The van der Waals surface area contributed by atoms with E-state index in [2.05, 4.69) is 22.4 Å². The largest absolute Gasteiger partial charge is 0.494 e. The van der Waals surface area contributed by atoms with Gasteiger partial charge in [-0.1, -0.05) is 32.0 Å². The number of carbonyl (C=O) groups excluding carboxylic acids is 2. The van der Waals surface area contributed by atoms with E-state index in [4.69, 9.17) is 9.47 Å². The van der Waals surface area contributed by atoms with Crippen molar-refractivity contribution in [1.29, 1.82) is 0 Å². The first-order valence-corrected chi connectivity index (χ1v) is 13.0. The molecule has 0 aliphatic rings. The molecular formula is C24H30N4O4S2. The van der Waals surface area contributed by atoms with Gasteiger partial charge in [0.1, 0.15) is 10.8 Å². The molecular weight excluding hydrogens is 472 g/mol. The third kappa shape index (κ3) is 5.98. The van der Waals surface area contributed by atoms with Crippen molar-refractivity contribution in [3.8, 4) is 17.1 Å². The zero-order chi connectivity index (χ0) is 24.7. The predicted octanol–water partition coefficient (Wildman–Crippen LogP) is 5.11. The van der Waals surface area contributed by atoms with Crippen molar-refractivity contribution >= 4 is 40.0 Å².